The largest absolute Gasteiger partial charge is 0.379 e. The minimum Gasteiger partial charge on any atom is -0.379 e. The van der Waals surface area contributed by atoms with Gasteiger partial charge in [-0.15, -0.1) is 0 Å². The standard InChI is InChI=1S/C16H35NO3/c1-4-5-9-18-11-13-20-14-12-19-10-7-6-8-17-15-16(2)3/h16-17H,4-15H2,1-3H3. The summed E-state index contributed by atoms with van der Waals surface area (Å²) < 4.78 is 16.3. The molecule has 0 atom stereocenters. The van der Waals surface area contributed by atoms with E-state index in [9.17, 15) is 0 Å². The van der Waals surface area contributed by atoms with E-state index in [0.717, 1.165) is 45.1 Å². The minimum absolute atomic E-state index is 0.669. The van der Waals surface area contributed by atoms with Gasteiger partial charge in [0.25, 0.3) is 0 Å². The van der Waals surface area contributed by atoms with Gasteiger partial charge < -0.3 is 19.5 Å². The van der Waals surface area contributed by atoms with Crippen molar-refractivity contribution in [2.75, 3.05) is 52.7 Å². The average Bonchev–Trinajstić information content (AvgIpc) is 2.43. The summed E-state index contributed by atoms with van der Waals surface area (Å²) in [6.45, 7) is 13.2. The maximum atomic E-state index is 5.51. The third kappa shape index (κ3) is 17.8. The third-order valence-corrected chi connectivity index (χ3v) is 2.83. The molecule has 0 radical (unpaired) electrons. The molecule has 0 aliphatic carbocycles. The first-order valence-electron chi connectivity index (χ1n) is 8.21. The normalized spacial score (nSPS) is 11.4. The van der Waals surface area contributed by atoms with Gasteiger partial charge in [-0.05, 0) is 38.3 Å². The van der Waals surface area contributed by atoms with Crippen LogP contribution in [-0.4, -0.2) is 52.7 Å². The summed E-state index contributed by atoms with van der Waals surface area (Å²) in [5, 5.41) is 3.43. The second-order valence-corrected chi connectivity index (χ2v) is 5.50. The molecule has 0 aliphatic heterocycles. The van der Waals surface area contributed by atoms with E-state index >= 15 is 0 Å². The molecule has 1 N–H and O–H groups in total. The number of ether oxygens (including phenoxy) is 3. The zero-order valence-electron chi connectivity index (χ0n) is 13.8. The zero-order valence-corrected chi connectivity index (χ0v) is 13.8. The van der Waals surface area contributed by atoms with Crippen molar-refractivity contribution >= 4 is 0 Å². The summed E-state index contributed by atoms with van der Waals surface area (Å²) in [5.74, 6) is 0.731. The monoisotopic (exact) mass is 289 g/mol. The molecular weight excluding hydrogens is 254 g/mol. The molecule has 0 spiro atoms. The molecule has 0 fully saturated rings. The van der Waals surface area contributed by atoms with E-state index in [1.165, 1.54) is 12.8 Å². The second-order valence-electron chi connectivity index (χ2n) is 5.50. The van der Waals surface area contributed by atoms with Crippen molar-refractivity contribution in [2.24, 2.45) is 5.92 Å². The molecule has 0 saturated carbocycles. The Morgan fingerprint density at radius 3 is 1.85 bits per heavy atom. The Morgan fingerprint density at radius 2 is 1.30 bits per heavy atom. The van der Waals surface area contributed by atoms with E-state index in [1.54, 1.807) is 0 Å². The van der Waals surface area contributed by atoms with E-state index in [0.29, 0.717) is 26.4 Å². The number of hydrogen-bond donors (Lipinski definition) is 1. The first kappa shape index (κ1) is 19.8. The van der Waals surface area contributed by atoms with E-state index in [1.807, 2.05) is 0 Å². The molecule has 0 saturated heterocycles. The van der Waals surface area contributed by atoms with Crippen LogP contribution in [0.2, 0.25) is 0 Å². The zero-order chi connectivity index (χ0) is 14.9. The van der Waals surface area contributed by atoms with Crippen molar-refractivity contribution in [2.45, 2.75) is 46.5 Å². The summed E-state index contributed by atoms with van der Waals surface area (Å²) >= 11 is 0. The van der Waals surface area contributed by atoms with Crippen molar-refractivity contribution in [3.63, 3.8) is 0 Å². The molecule has 0 amide bonds. The van der Waals surface area contributed by atoms with Crippen molar-refractivity contribution in [3.05, 3.63) is 0 Å². The SMILES string of the molecule is CCCCOCCOCCOCCCCNCC(C)C. The van der Waals surface area contributed by atoms with Crippen LogP contribution < -0.4 is 5.32 Å². The Morgan fingerprint density at radius 1 is 0.750 bits per heavy atom. The molecule has 4 heteroatoms. The highest BCUT2D eigenvalue weighted by Gasteiger charge is 1.94. The van der Waals surface area contributed by atoms with Crippen LogP contribution in [-0.2, 0) is 14.2 Å². The molecule has 0 rings (SSSR count). The molecule has 0 aromatic rings. The third-order valence-electron chi connectivity index (χ3n) is 2.83. The predicted molar refractivity (Wildman–Crippen MR) is 84.3 cm³/mol. The number of rotatable bonds is 16. The molecule has 20 heavy (non-hydrogen) atoms. The minimum atomic E-state index is 0.669. The number of hydrogen-bond acceptors (Lipinski definition) is 4. The van der Waals surface area contributed by atoms with Crippen LogP contribution in [0.4, 0.5) is 0 Å². The fourth-order valence-corrected chi connectivity index (χ4v) is 1.63. The fourth-order valence-electron chi connectivity index (χ4n) is 1.63. The Labute approximate surface area is 125 Å². The summed E-state index contributed by atoms with van der Waals surface area (Å²) in [7, 11) is 0. The number of unbranched alkanes of at least 4 members (excludes halogenated alkanes) is 2. The van der Waals surface area contributed by atoms with Gasteiger partial charge in [-0.2, -0.15) is 0 Å². The van der Waals surface area contributed by atoms with Crippen LogP contribution in [0.5, 0.6) is 0 Å². The lowest BCUT2D eigenvalue weighted by molar-refractivity contribution is 0.0135. The Kier molecular flexibility index (Phi) is 16.8. The first-order valence-corrected chi connectivity index (χ1v) is 8.21. The maximum absolute atomic E-state index is 5.51. The van der Waals surface area contributed by atoms with Gasteiger partial charge >= 0.3 is 0 Å². The van der Waals surface area contributed by atoms with Crippen molar-refractivity contribution < 1.29 is 14.2 Å². The van der Waals surface area contributed by atoms with Crippen molar-refractivity contribution in [1.82, 2.24) is 5.32 Å². The molecule has 122 valence electrons. The molecule has 0 bridgehead atoms. The summed E-state index contributed by atoms with van der Waals surface area (Å²) in [4.78, 5) is 0. The lowest BCUT2D eigenvalue weighted by atomic mass is 10.2. The number of nitrogens with one attached hydrogen (secondary N) is 1. The Hall–Kier alpha value is -0.160. The van der Waals surface area contributed by atoms with Crippen LogP contribution in [0, 0.1) is 5.92 Å². The van der Waals surface area contributed by atoms with Gasteiger partial charge in [0.1, 0.15) is 0 Å². The van der Waals surface area contributed by atoms with Gasteiger partial charge in [-0.1, -0.05) is 27.2 Å². The summed E-state index contributed by atoms with van der Waals surface area (Å²) in [5.41, 5.74) is 0. The lowest BCUT2D eigenvalue weighted by Gasteiger charge is -2.08. The van der Waals surface area contributed by atoms with Crippen molar-refractivity contribution in [3.8, 4) is 0 Å². The Balaban J connectivity index is 2.92. The van der Waals surface area contributed by atoms with Crippen LogP contribution in [0.1, 0.15) is 46.5 Å². The van der Waals surface area contributed by atoms with Gasteiger partial charge in [0, 0.05) is 13.2 Å². The quantitative estimate of drug-likeness (QED) is 0.444. The van der Waals surface area contributed by atoms with Gasteiger partial charge in [-0.3, -0.25) is 0 Å². The topological polar surface area (TPSA) is 39.7 Å². The molecule has 0 unspecified atom stereocenters. The average molecular weight is 289 g/mol. The van der Waals surface area contributed by atoms with Gasteiger partial charge in [0.15, 0.2) is 0 Å². The highest BCUT2D eigenvalue weighted by Crippen LogP contribution is 1.92. The van der Waals surface area contributed by atoms with E-state index in [2.05, 4.69) is 26.1 Å². The first-order chi connectivity index (χ1) is 9.77. The summed E-state index contributed by atoms with van der Waals surface area (Å²) in [6.07, 6.45) is 4.61. The predicted octanol–water partition coefficient (Wildman–Crippen LogP) is 2.86. The van der Waals surface area contributed by atoms with Crippen LogP contribution in [0.3, 0.4) is 0 Å². The maximum Gasteiger partial charge on any atom is 0.0701 e. The lowest BCUT2D eigenvalue weighted by Crippen LogP contribution is -2.21. The van der Waals surface area contributed by atoms with Crippen LogP contribution in [0.25, 0.3) is 0 Å². The van der Waals surface area contributed by atoms with Crippen LogP contribution in [0.15, 0.2) is 0 Å². The fraction of sp³-hybridized carbons (Fsp3) is 1.00. The van der Waals surface area contributed by atoms with Gasteiger partial charge in [0.2, 0.25) is 0 Å². The molecular formula is C16H35NO3. The molecule has 4 nitrogen and oxygen atoms in total. The van der Waals surface area contributed by atoms with Crippen molar-refractivity contribution in [1.29, 1.82) is 0 Å². The highest BCUT2D eigenvalue weighted by atomic mass is 16.5. The van der Waals surface area contributed by atoms with Gasteiger partial charge in [0.05, 0.1) is 26.4 Å². The molecule has 0 aromatic carbocycles. The van der Waals surface area contributed by atoms with E-state index < -0.39 is 0 Å². The molecule has 0 aromatic heterocycles. The second kappa shape index (κ2) is 16.9. The molecule has 0 heterocycles. The Bertz CT molecular complexity index is 177. The van der Waals surface area contributed by atoms with Gasteiger partial charge in [-0.25, -0.2) is 0 Å². The van der Waals surface area contributed by atoms with E-state index in [-0.39, 0.29) is 0 Å². The highest BCUT2D eigenvalue weighted by molar-refractivity contribution is 4.51. The summed E-state index contributed by atoms with van der Waals surface area (Å²) in [6, 6.07) is 0. The molecule has 0 aliphatic rings. The smallest absolute Gasteiger partial charge is 0.0701 e. The van der Waals surface area contributed by atoms with Crippen LogP contribution >= 0.6 is 0 Å². The van der Waals surface area contributed by atoms with E-state index in [4.69, 9.17) is 14.2 Å².